The lowest BCUT2D eigenvalue weighted by atomic mass is 10.0. The molecule has 4 aliphatic heterocycles. The van der Waals surface area contributed by atoms with E-state index in [1.54, 1.807) is 0 Å². The Kier molecular flexibility index (Phi) is 5.71. The van der Waals surface area contributed by atoms with E-state index in [1.807, 2.05) is 36.4 Å². The first kappa shape index (κ1) is 26.4. The van der Waals surface area contributed by atoms with E-state index >= 15 is 0 Å². The minimum Gasteiger partial charge on any atom is -0.355 e. The highest BCUT2D eigenvalue weighted by molar-refractivity contribution is 6.55. The number of rotatable bonds is 1. The van der Waals surface area contributed by atoms with Crippen LogP contribution in [-0.4, -0.2) is 41.3 Å². The van der Waals surface area contributed by atoms with Gasteiger partial charge in [-0.05, 0) is 133 Å². The van der Waals surface area contributed by atoms with Gasteiger partial charge in [-0.3, -0.25) is 0 Å². The number of H-pyrrole nitrogens is 4. The summed E-state index contributed by atoms with van der Waals surface area (Å²) in [6.07, 6.45) is 8.11. The molecule has 0 spiro atoms. The summed E-state index contributed by atoms with van der Waals surface area (Å²) in [6, 6.07) is 37.4. The third-order valence-corrected chi connectivity index (χ3v) is 8.59. The highest BCUT2D eigenvalue weighted by Gasteiger charge is 2.22. The number of nitrogens with zero attached hydrogens (tertiary/aromatic N) is 4. The highest BCUT2D eigenvalue weighted by atomic mass is 14.9. The van der Waals surface area contributed by atoms with E-state index in [0.717, 1.165) is 101 Å². The third-order valence-electron chi connectivity index (χ3n) is 8.59. The second kappa shape index (κ2) is 10.4. The van der Waals surface area contributed by atoms with E-state index in [2.05, 4.69) is 117 Å². The topological polar surface area (TPSA) is 114 Å². The Morgan fingerprint density at radius 1 is 0.312 bits per heavy atom. The number of nitrogens with one attached hydrogen (secondary N) is 4. The smallest absolute Gasteiger partial charge is 0.0973 e. The molecule has 0 amide bonds. The van der Waals surface area contributed by atoms with Crippen molar-refractivity contribution in [3.05, 3.63) is 143 Å². The minimum atomic E-state index is 0.807. The van der Waals surface area contributed by atoms with E-state index in [0.29, 0.717) is 0 Å². The molecule has 0 fully saturated rings. The Morgan fingerprint density at radius 2 is 0.604 bits per heavy atom. The maximum absolute atomic E-state index is 5.18. The first-order chi connectivity index (χ1) is 23.6. The van der Waals surface area contributed by atoms with Gasteiger partial charge in [0.25, 0.3) is 0 Å². The summed E-state index contributed by atoms with van der Waals surface area (Å²) >= 11 is 0. The van der Waals surface area contributed by atoms with Crippen LogP contribution in [-0.2, 0) is 0 Å². The lowest BCUT2D eigenvalue weighted by molar-refractivity contribution is 1.32. The molecule has 6 aromatic heterocycles. The molecule has 0 saturated heterocycles. The Bertz CT molecular complexity index is 2600. The lowest BCUT2D eigenvalue weighted by Gasteiger charge is -2.02. The summed E-state index contributed by atoms with van der Waals surface area (Å²) < 4.78 is 0. The largest absolute Gasteiger partial charge is 0.355 e. The van der Waals surface area contributed by atoms with Crippen LogP contribution in [0.5, 0.6) is 0 Å². The SMILES string of the molecule is C1=Cc2cc3ccc(cc4cc(cc5ccc(cc1n2)[nH]5)N=C4C1=Nc2cc1cc1ccc(cc4nc(cc5ccc(c2)[nH]5)C=C4)[nH]1)[nH]3. The van der Waals surface area contributed by atoms with Crippen molar-refractivity contribution in [2.24, 2.45) is 9.98 Å². The molecule has 8 heteroatoms. The van der Waals surface area contributed by atoms with Crippen LogP contribution in [0, 0.1) is 0 Å². The molecule has 6 aromatic rings. The van der Waals surface area contributed by atoms with Gasteiger partial charge < -0.3 is 19.9 Å². The minimum absolute atomic E-state index is 0.807. The van der Waals surface area contributed by atoms with Gasteiger partial charge in [0.15, 0.2) is 0 Å². The highest BCUT2D eigenvalue weighted by Crippen LogP contribution is 2.30. The number of aromatic nitrogens is 6. The normalized spacial score (nSPS) is 13.5. The molecule has 8 nitrogen and oxygen atoms in total. The molecule has 0 unspecified atom stereocenters. The monoisotopic (exact) mass is 618 g/mol. The van der Waals surface area contributed by atoms with Gasteiger partial charge in [-0.15, -0.1) is 0 Å². The summed E-state index contributed by atoms with van der Waals surface area (Å²) in [6.45, 7) is 0. The number of fused-ring (bicyclic) bond motifs is 16. The molecule has 4 aliphatic rings. The van der Waals surface area contributed by atoms with Crippen LogP contribution in [0.3, 0.4) is 0 Å². The fourth-order valence-corrected chi connectivity index (χ4v) is 6.45. The van der Waals surface area contributed by atoms with Gasteiger partial charge in [-0.1, -0.05) is 0 Å². The van der Waals surface area contributed by atoms with E-state index in [-0.39, 0.29) is 0 Å². The lowest BCUT2D eigenvalue weighted by Crippen LogP contribution is -2.12. The predicted molar refractivity (Wildman–Crippen MR) is 197 cm³/mol. The molecule has 4 N–H and O–H groups in total. The van der Waals surface area contributed by atoms with E-state index in [4.69, 9.17) is 20.0 Å². The summed E-state index contributed by atoms with van der Waals surface area (Å²) in [5.74, 6) is 0. The number of aromatic amines is 4. The van der Waals surface area contributed by atoms with Crippen LogP contribution >= 0.6 is 0 Å². The fraction of sp³-hybridized carbons (Fsp3) is 0. The molecular weight excluding hydrogens is 592 g/mol. The molecule has 10 rings (SSSR count). The Hall–Kier alpha value is -6.80. The van der Waals surface area contributed by atoms with Gasteiger partial charge in [-0.25, -0.2) is 20.0 Å². The average Bonchev–Trinajstić information content (AvgIpc) is 3.89. The standard InChI is InChI=1S/C40H26N8/c1-3-27-17-29-5-7-31(43-29)19-33-9-11-35(45-33)21-37-15-23(13-25(1)41-27)39(47-37)40-24-14-26-2-4-28(42-26)18-30-6-8-32(44-30)20-34-10-12-36(46-34)22-38(16-24)48-40/h1-22,41-42,45-46H. The van der Waals surface area contributed by atoms with Crippen LogP contribution in [0.15, 0.2) is 119 Å². The fourth-order valence-electron chi connectivity index (χ4n) is 6.45. The van der Waals surface area contributed by atoms with Crippen LogP contribution in [0.1, 0.15) is 33.9 Å². The van der Waals surface area contributed by atoms with Gasteiger partial charge in [-0.2, -0.15) is 0 Å². The summed E-state index contributed by atoms with van der Waals surface area (Å²) in [5, 5.41) is 0. The molecular formula is C40H26N8. The van der Waals surface area contributed by atoms with Gasteiger partial charge in [0.1, 0.15) is 0 Å². The van der Waals surface area contributed by atoms with Gasteiger partial charge in [0.2, 0.25) is 0 Å². The van der Waals surface area contributed by atoms with Crippen LogP contribution in [0.4, 0.5) is 11.4 Å². The molecule has 0 aromatic carbocycles. The van der Waals surface area contributed by atoms with Crippen molar-refractivity contribution in [2.75, 3.05) is 0 Å². The third kappa shape index (κ3) is 4.98. The zero-order chi connectivity index (χ0) is 31.6. The summed E-state index contributed by atoms with van der Waals surface area (Å²) in [4.78, 5) is 33.9. The Labute approximate surface area is 273 Å². The van der Waals surface area contributed by atoms with Gasteiger partial charge in [0, 0.05) is 55.3 Å². The first-order valence-electron chi connectivity index (χ1n) is 15.8. The maximum Gasteiger partial charge on any atom is 0.0973 e. The Balaban J connectivity index is 1.20. The van der Waals surface area contributed by atoms with Crippen LogP contribution < -0.4 is 0 Å². The van der Waals surface area contributed by atoms with Crippen LogP contribution in [0.25, 0.3) is 68.4 Å². The quantitative estimate of drug-likeness (QED) is 0.147. The molecule has 226 valence electrons. The maximum atomic E-state index is 5.18. The van der Waals surface area contributed by atoms with Crippen molar-refractivity contribution >= 4 is 91.2 Å². The Morgan fingerprint density at radius 3 is 0.938 bits per heavy atom. The zero-order valence-corrected chi connectivity index (χ0v) is 25.5. The first-order valence-corrected chi connectivity index (χ1v) is 15.8. The van der Waals surface area contributed by atoms with Gasteiger partial charge >= 0.3 is 0 Å². The summed E-state index contributed by atoms with van der Waals surface area (Å²) in [7, 11) is 0. The van der Waals surface area contributed by atoms with Crippen molar-refractivity contribution in [1.29, 1.82) is 0 Å². The molecule has 0 radical (unpaired) electrons. The number of hydrogen-bond acceptors (Lipinski definition) is 4. The average molecular weight is 619 g/mol. The zero-order valence-electron chi connectivity index (χ0n) is 25.5. The van der Waals surface area contributed by atoms with Crippen molar-refractivity contribution in [3.63, 3.8) is 0 Å². The molecule has 48 heavy (non-hydrogen) atoms. The van der Waals surface area contributed by atoms with Crippen LogP contribution in [0.2, 0.25) is 0 Å². The molecule has 16 bridgehead atoms. The number of hydrogen-bond donors (Lipinski definition) is 4. The number of aliphatic imine (C=N–C) groups is 2. The second-order valence-electron chi connectivity index (χ2n) is 12.2. The van der Waals surface area contributed by atoms with E-state index < -0.39 is 0 Å². The van der Waals surface area contributed by atoms with E-state index in [9.17, 15) is 0 Å². The van der Waals surface area contributed by atoms with Crippen molar-refractivity contribution < 1.29 is 0 Å². The second-order valence-corrected chi connectivity index (χ2v) is 12.2. The van der Waals surface area contributed by atoms with E-state index in [1.165, 1.54) is 0 Å². The predicted octanol–water partition coefficient (Wildman–Crippen LogP) is 9.44. The molecule has 0 atom stereocenters. The summed E-state index contributed by atoms with van der Waals surface area (Å²) in [5.41, 5.74) is 16.6. The van der Waals surface area contributed by atoms with Crippen molar-refractivity contribution in [3.8, 4) is 0 Å². The molecule has 10 heterocycles. The van der Waals surface area contributed by atoms with Gasteiger partial charge in [0.05, 0.1) is 45.6 Å². The molecule has 0 aliphatic carbocycles. The van der Waals surface area contributed by atoms with Crippen molar-refractivity contribution in [2.45, 2.75) is 0 Å². The van der Waals surface area contributed by atoms with Crippen molar-refractivity contribution in [1.82, 2.24) is 29.9 Å². The molecule has 0 saturated carbocycles.